The van der Waals surface area contributed by atoms with Gasteiger partial charge in [-0.3, -0.25) is 0 Å². The van der Waals surface area contributed by atoms with Gasteiger partial charge in [-0.25, -0.2) is 0 Å². The van der Waals surface area contributed by atoms with Crippen LogP contribution in [-0.2, 0) is 5.41 Å². The van der Waals surface area contributed by atoms with Crippen LogP contribution in [0.15, 0.2) is 267 Å². The number of rotatable bonds is 10. The molecule has 2 aliphatic carbocycles. The molecule has 70 heavy (non-hydrogen) atoms. The van der Waals surface area contributed by atoms with Crippen LogP contribution in [0.1, 0.15) is 37.0 Å². The van der Waals surface area contributed by atoms with Crippen molar-refractivity contribution in [2.45, 2.75) is 31.7 Å². The standard InChI is InChI=1S/C69H53N/c1-69(2)64-46-59(70(58-37-23-36-54(45-58)48-24-9-3-10-25-48)65-39-22-21-38-60(65)51-30-15-6-16-31-51)40-41-61(64)67-66(53-34-19-8-20-35-53)62(47-63(68(67)69)52-32-17-7-18-33-52)57-43-55(49-26-11-4-12-27-49)42-56(44-57)50-28-13-5-14-29-50/h3-38,40-47,65H,39H2,1-2H3. The summed E-state index contributed by atoms with van der Waals surface area (Å²) in [7, 11) is 0. The Balaban J connectivity index is 1.12. The van der Waals surface area contributed by atoms with E-state index in [0.29, 0.717) is 0 Å². The van der Waals surface area contributed by atoms with Crippen molar-refractivity contribution < 1.29 is 0 Å². The molecule has 0 aromatic heterocycles. The third-order valence-corrected chi connectivity index (χ3v) is 14.6. The minimum absolute atomic E-state index is 0.0606. The maximum Gasteiger partial charge on any atom is 0.0631 e. The number of hydrogen-bond acceptors (Lipinski definition) is 1. The molecule has 0 aliphatic heterocycles. The van der Waals surface area contributed by atoms with E-state index in [0.717, 1.165) is 6.42 Å². The summed E-state index contributed by atoms with van der Waals surface area (Å²) in [5, 5.41) is 0. The van der Waals surface area contributed by atoms with Crippen molar-refractivity contribution >= 4 is 16.9 Å². The highest BCUT2D eigenvalue weighted by Gasteiger charge is 2.41. The van der Waals surface area contributed by atoms with Gasteiger partial charge < -0.3 is 4.90 Å². The maximum absolute atomic E-state index is 2.61. The highest BCUT2D eigenvalue weighted by atomic mass is 15.2. The van der Waals surface area contributed by atoms with Gasteiger partial charge in [-0.1, -0.05) is 232 Å². The van der Waals surface area contributed by atoms with Crippen molar-refractivity contribution in [3.8, 4) is 77.9 Å². The van der Waals surface area contributed by atoms with E-state index in [1.807, 2.05) is 0 Å². The summed E-state index contributed by atoms with van der Waals surface area (Å²) in [5.74, 6) is 0. The molecule has 1 atom stereocenters. The summed E-state index contributed by atoms with van der Waals surface area (Å²) in [6.07, 6.45) is 7.75. The van der Waals surface area contributed by atoms with E-state index in [-0.39, 0.29) is 11.5 Å². The fourth-order valence-corrected chi connectivity index (χ4v) is 11.3. The molecule has 0 N–H and O–H groups in total. The van der Waals surface area contributed by atoms with Crippen molar-refractivity contribution in [1.82, 2.24) is 0 Å². The number of fused-ring (bicyclic) bond motifs is 3. The zero-order chi connectivity index (χ0) is 47.0. The summed E-state index contributed by atoms with van der Waals surface area (Å²) in [6, 6.07) is 91.8. The fourth-order valence-electron chi connectivity index (χ4n) is 11.3. The van der Waals surface area contributed by atoms with Gasteiger partial charge in [0.2, 0.25) is 0 Å². The highest BCUT2D eigenvalue weighted by molar-refractivity contribution is 6.05. The summed E-state index contributed by atoms with van der Waals surface area (Å²) in [6.45, 7) is 4.90. The number of allylic oxidation sites excluding steroid dienone is 2. The topological polar surface area (TPSA) is 3.24 Å². The van der Waals surface area contributed by atoms with Crippen LogP contribution in [0.5, 0.6) is 0 Å². The molecule has 0 fully saturated rings. The zero-order valence-corrected chi connectivity index (χ0v) is 39.6. The van der Waals surface area contributed by atoms with Crippen LogP contribution in [-0.4, -0.2) is 6.04 Å². The third-order valence-electron chi connectivity index (χ3n) is 14.6. The maximum atomic E-state index is 2.61. The van der Waals surface area contributed by atoms with E-state index >= 15 is 0 Å². The minimum atomic E-state index is -0.364. The van der Waals surface area contributed by atoms with E-state index in [1.54, 1.807) is 0 Å². The Morgan fingerprint density at radius 1 is 0.357 bits per heavy atom. The van der Waals surface area contributed by atoms with Crippen LogP contribution >= 0.6 is 0 Å². The highest BCUT2D eigenvalue weighted by Crippen LogP contribution is 2.59. The van der Waals surface area contributed by atoms with E-state index in [2.05, 4.69) is 286 Å². The van der Waals surface area contributed by atoms with Crippen LogP contribution in [0, 0.1) is 0 Å². The van der Waals surface area contributed by atoms with Crippen LogP contribution in [0.3, 0.4) is 0 Å². The minimum Gasteiger partial charge on any atom is -0.334 e. The SMILES string of the molecule is CC1(C)c2cc(N(c3cccc(-c4ccccc4)c3)C3CC=CC=C3c3ccccc3)ccc2-c2c(-c3ccccc3)c(-c3cc(-c4ccccc4)cc(-c4ccccc4)c3)cc(-c3ccccc3)c21. The zero-order valence-electron chi connectivity index (χ0n) is 39.6. The number of benzene rings is 10. The summed E-state index contributed by atoms with van der Waals surface area (Å²) < 4.78 is 0. The molecule has 1 heteroatoms. The number of anilines is 2. The van der Waals surface area contributed by atoms with Crippen LogP contribution in [0.4, 0.5) is 11.4 Å². The Labute approximate surface area is 413 Å². The molecule has 0 radical (unpaired) electrons. The number of nitrogens with zero attached hydrogens (tertiary/aromatic N) is 1. The predicted molar refractivity (Wildman–Crippen MR) is 297 cm³/mol. The first-order valence-electron chi connectivity index (χ1n) is 24.6. The van der Waals surface area contributed by atoms with Crippen LogP contribution in [0.25, 0.3) is 83.5 Å². The Bertz CT molecular complexity index is 3500. The lowest BCUT2D eigenvalue weighted by Crippen LogP contribution is -2.33. The molecule has 334 valence electrons. The largest absolute Gasteiger partial charge is 0.334 e. The molecule has 12 rings (SSSR count). The fraction of sp³-hybridized carbons (Fsp3) is 0.0725. The Kier molecular flexibility index (Phi) is 11.1. The van der Waals surface area contributed by atoms with E-state index < -0.39 is 0 Å². The van der Waals surface area contributed by atoms with E-state index in [1.165, 1.54) is 112 Å². The van der Waals surface area contributed by atoms with Crippen molar-refractivity contribution in [1.29, 1.82) is 0 Å². The second kappa shape index (κ2) is 18.2. The molecule has 10 aromatic rings. The van der Waals surface area contributed by atoms with Gasteiger partial charge in [0.1, 0.15) is 0 Å². The van der Waals surface area contributed by atoms with Gasteiger partial charge in [0.15, 0.2) is 0 Å². The van der Waals surface area contributed by atoms with Gasteiger partial charge in [-0.05, 0) is 155 Å². The van der Waals surface area contributed by atoms with Crippen molar-refractivity contribution in [2.75, 3.05) is 4.90 Å². The molecular weight excluding hydrogens is 843 g/mol. The lowest BCUT2D eigenvalue weighted by atomic mass is 9.76. The Morgan fingerprint density at radius 3 is 1.43 bits per heavy atom. The van der Waals surface area contributed by atoms with E-state index in [4.69, 9.17) is 0 Å². The predicted octanol–water partition coefficient (Wildman–Crippen LogP) is 18.5. The van der Waals surface area contributed by atoms with Crippen LogP contribution in [0.2, 0.25) is 0 Å². The average molecular weight is 896 g/mol. The Morgan fingerprint density at radius 2 is 0.843 bits per heavy atom. The normalized spacial score (nSPS) is 14.4. The van der Waals surface area contributed by atoms with Gasteiger partial charge in [0.05, 0.1) is 6.04 Å². The molecule has 2 aliphatic rings. The Hall–Kier alpha value is -8.52. The summed E-state index contributed by atoms with van der Waals surface area (Å²) in [4.78, 5) is 2.61. The molecule has 1 unspecified atom stereocenters. The monoisotopic (exact) mass is 895 g/mol. The quantitative estimate of drug-likeness (QED) is 0.132. The van der Waals surface area contributed by atoms with Crippen molar-refractivity contribution in [3.63, 3.8) is 0 Å². The third kappa shape index (κ3) is 7.80. The average Bonchev–Trinajstić information content (AvgIpc) is 3.67. The molecule has 0 heterocycles. The lowest BCUT2D eigenvalue weighted by molar-refractivity contribution is 0.661. The van der Waals surface area contributed by atoms with Gasteiger partial charge in [-0.2, -0.15) is 0 Å². The summed E-state index contributed by atoms with van der Waals surface area (Å²) >= 11 is 0. The van der Waals surface area contributed by atoms with Gasteiger partial charge >= 0.3 is 0 Å². The van der Waals surface area contributed by atoms with Crippen molar-refractivity contribution in [2.24, 2.45) is 0 Å². The van der Waals surface area contributed by atoms with Crippen LogP contribution < -0.4 is 4.90 Å². The second-order valence-corrected chi connectivity index (χ2v) is 19.2. The molecule has 0 saturated heterocycles. The lowest BCUT2D eigenvalue weighted by Gasteiger charge is -2.37. The molecule has 1 nitrogen and oxygen atoms in total. The second-order valence-electron chi connectivity index (χ2n) is 19.2. The summed E-state index contributed by atoms with van der Waals surface area (Å²) in [5.41, 5.74) is 24.4. The van der Waals surface area contributed by atoms with Gasteiger partial charge in [-0.15, -0.1) is 0 Å². The molecular formula is C69H53N. The van der Waals surface area contributed by atoms with Crippen molar-refractivity contribution in [3.05, 3.63) is 284 Å². The first kappa shape index (κ1) is 42.8. The van der Waals surface area contributed by atoms with Gasteiger partial charge in [0.25, 0.3) is 0 Å². The first-order chi connectivity index (χ1) is 34.5. The molecule has 0 bridgehead atoms. The molecule has 0 spiro atoms. The first-order valence-corrected chi connectivity index (χ1v) is 24.6. The van der Waals surface area contributed by atoms with E-state index in [9.17, 15) is 0 Å². The smallest absolute Gasteiger partial charge is 0.0631 e. The molecule has 0 saturated carbocycles. The number of hydrogen-bond donors (Lipinski definition) is 0. The molecule has 0 amide bonds. The van der Waals surface area contributed by atoms with Gasteiger partial charge in [0, 0.05) is 16.8 Å². The molecule has 10 aromatic carbocycles.